The number of hydrogen-bond acceptors (Lipinski definition) is 5. The van der Waals surface area contributed by atoms with Crippen molar-refractivity contribution in [2.45, 2.75) is 52.4 Å². The van der Waals surface area contributed by atoms with E-state index in [4.69, 9.17) is 4.74 Å². The van der Waals surface area contributed by atoms with Gasteiger partial charge in [0.2, 0.25) is 5.91 Å². The molecule has 154 valence electrons. The number of rotatable bonds is 12. The molecule has 0 saturated carbocycles. The van der Waals surface area contributed by atoms with Gasteiger partial charge in [-0.3, -0.25) is 4.79 Å². The van der Waals surface area contributed by atoms with Crippen LogP contribution >= 0.6 is 11.3 Å². The molecule has 8 heteroatoms. The Morgan fingerprint density at radius 1 is 1.07 bits per heavy atom. The maximum atomic E-state index is 11.6. The normalized spacial score (nSPS) is 10.6. The summed E-state index contributed by atoms with van der Waals surface area (Å²) >= 11 is 1.43. The van der Waals surface area contributed by atoms with Crippen molar-refractivity contribution >= 4 is 38.6 Å². The van der Waals surface area contributed by atoms with E-state index in [0.29, 0.717) is 18.3 Å². The van der Waals surface area contributed by atoms with Gasteiger partial charge >= 0.3 is 6.03 Å². The van der Waals surface area contributed by atoms with Crippen LogP contribution in [0.4, 0.5) is 9.93 Å². The topological polar surface area (TPSA) is 92.4 Å². The number of urea groups is 1. The maximum absolute atomic E-state index is 11.6. The van der Waals surface area contributed by atoms with E-state index in [0.717, 1.165) is 61.0 Å². The summed E-state index contributed by atoms with van der Waals surface area (Å²) in [5, 5.41) is 9.04. The molecule has 0 aliphatic heterocycles. The Morgan fingerprint density at radius 3 is 2.54 bits per heavy atom. The standard InChI is InChI=1S/C20H30N4O3S/c1-3-4-6-12-21-19(26)22-13-7-5-8-14-27-16-10-9-11-17-18(16)24-20(28-17)23-15(2)25/h9-11H,3-8,12-14H2,1-2H3,(H2,21,22,26)(H,23,24,25). The van der Waals surface area contributed by atoms with Crippen LogP contribution in [0.1, 0.15) is 52.4 Å². The first kappa shape index (κ1) is 21.9. The van der Waals surface area contributed by atoms with Crippen LogP contribution in [0.2, 0.25) is 0 Å². The lowest BCUT2D eigenvalue weighted by molar-refractivity contribution is -0.114. The number of benzene rings is 1. The average Bonchev–Trinajstić information content (AvgIpc) is 3.06. The molecule has 3 amide bonds. The SMILES string of the molecule is CCCCCNC(=O)NCCCCCOc1cccc2sc(NC(C)=O)nc12. The average molecular weight is 407 g/mol. The van der Waals surface area contributed by atoms with Crippen molar-refractivity contribution in [2.75, 3.05) is 25.0 Å². The molecule has 1 aromatic heterocycles. The molecule has 2 rings (SSSR count). The van der Waals surface area contributed by atoms with Crippen molar-refractivity contribution < 1.29 is 14.3 Å². The van der Waals surface area contributed by atoms with E-state index in [2.05, 4.69) is 27.9 Å². The molecule has 0 saturated heterocycles. The second-order valence-electron chi connectivity index (χ2n) is 6.60. The third kappa shape index (κ3) is 7.72. The van der Waals surface area contributed by atoms with Crippen LogP contribution in [0, 0.1) is 0 Å². The first-order valence-corrected chi connectivity index (χ1v) is 10.7. The summed E-state index contributed by atoms with van der Waals surface area (Å²) < 4.78 is 6.85. The van der Waals surface area contributed by atoms with E-state index in [-0.39, 0.29) is 11.9 Å². The molecule has 0 bridgehead atoms. The molecular weight excluding hydrogens is 376 g/mol. The highest BCUT2D eigenvalue weighted by Gasteiger charge is 2.09. The Labute approximate surface area is 170 Å². The minimum absolute atomic E-state index is 0.0856. The number of carbonyl (C=O) groups excluding carboxylic acids is 2. The van der Waals surface area contributed by atoms with Crippen LogP contribution in [0.5, 0.6) is 5.75 Å². The fraction of sp³-hybridized carbons (Fsp3) is 0.550. The summed E-state index contributed by atoms with van der Waals surface area (Å²) in [5.74, 6) is 0.597. The van der Waals surface area contributed by atoms with Crippen LogP contribution in [0.15, 0.2) is 18.2 Å². The van der Waals surface area contributed by atoms with Gasteiger partial charge in [0.25, 0.3) is 0 Å². The summed E-state index contributed by atoms with van der Waals surface area (Å²) in [6.07, 6.45) is 6.11. The summed E-state index contributed by atoms with van der Waals surface area (Å²) in [7, 11) is 0. The Balaban J connectivity index is 1.62. The van der Waals surface area contributed by atoms with Crippen LogP contribution < -0.4 is 20.7 Å². The van der Waals surface area contributed by atoms with Crippen molar-refractivity contribution in [1.82, 2.24) is 15.6 Å². The fourth-order valence-electron chi connectivity index (χ4n) is 2.67. The highest BCUT2D eigenvalue weighted by Crippen LogP contribution is 2.32. The van der Waals surface area contributed by atoms with Gasteiger partial charge in [0, 0.05) is 20.0 Å². The molecule has 28 heavy (non-hydrogen) atoms. The van der Waals surface area contributed by atoms with Crippen LogP contribution in [0.3, 0.4) is 0 Å². The molecule has 1 aromatic carbocycles. The summed E-state index contributed by atoms with van der Waals surface area (Å²) in [6.45, 7) is 5.61. The number of para-hydroxylation sites is 1. The highest BCUT2D eigenvalue weighted by molar-refractivity contribution is 7.22. The summed E-state index contributed by atoms with van der Waals surface area (Å²) in [4.78, 5) is 27.2. The molecule has 0 aliphatic rings. The molecule has 0 aliphatic carbocycles. The molecule has 7 nitrogen and oxygen atoms in total. The van der Waals surface area contributed by atoms with Crippen molar-refractivity contribution in [1.29, 1.82) is 0 Å². The van der Waals surface area contributed by atoms with E-state index < -0.39 is 0 Å². The van der Waals surface area contributed by atoms with Gasteiger partial charge in [0.05, 0.1) is 11.3 Å². The number of nitrogens with zero attached hydrogens (tertiary/aromatic N) is 1. The van der Waals surface area contributed by atoms with Crippen molar-refractivity contribution in [3.63, 3.8) is 0 Å². The Kier molecular flexibility index (Phi) is 9.54. The second-order valence-corrected chi connectivity index (χ2v) is 7.63. The Morgan fingerprint density at radius 2 is 1.82 bits per heavy atom. The van der Waals surface area contributed by atoms with E-state index in [9.17, 15) is 9.59 Å². The third-order valence-corrected chi connectivity index (χ3v) is 5.03. The van der Waals surface area contributed by atoms with Crippen LogP contribution in [0.25, 0.3) is 10.2 Å². The lowest BCUT2D eigenvalue weighted by atomic mass is 10.2. The van der Waals surface area contributed by atoms with Crippen molar-refractivity contribution in [3.05, 3.63) is 18.2 Å². The largest absolute Gasteiger partial charge is 0.491 e. The first-order valence-electron chi connectivity index (χ1n) is 9.91. The molecule has 2 aromatic rings. The van der Waals surface area contributed by atoms with E-state index >= 15 is 0 Å². The number of anilines is 1. The van der Waals surface area contributed by atoms with Crippen LogP contribution in [-0.4, -0.2) is 36.6 Å². The summed E-state index contributed by atoms with van der Waals surface area (Å²) in [5.41, 5.74) is 0.776. The number of thiazole rings is 1. The molecular formula is C20H30N4O3S. The van der Waals surface area contributed by atoms with Gasteiger partial charge in [-0.25, -0.2) is 9.78 Å². The van der Waals surface area contributed by atoms with Crippen molar-refractivity contribution in [3.8, 4) is 5.75 Å². The number of fused-ring (bicyclic) bond motifs is 1. The van der Waals surface area contributed by atoms with Gasteiger partial charge in [-0.05, 0) is 37.8 Å². The van der Waals surface area contributed by atoms with Crippen LogP contribution in [-0.2, 0) is 4.79 Å². The number of ether oxygens (including phenoxy) is 1. The monoisotopic (exact) mass is 406 g/mol. The number of hydrogen-bond donors (Lipinski definition) is 3. The van der Waals surface area contributed by atoms with Gasteiger partial charge < -0.3 is 20.7 Å². The zero-order valence-electron chi connectivity index (χ0n) is 16.7. The first-order chi connectivity index (χ1) is 13.6. The lowest BCUT2D eigenvalue weighted by Gasteiger charge is -2.08. The van der Waals surface area contributed by atoms with Gasteiger partial charge in [-0.1, -0.05) is 37.2 Å². The van der Waals surface area contributed by atoms with Gasteiger partial charge in [-0.2, -0.15) is 0 Å². The number of amides is 3. The van der Waals surface area contributed by atoms with Crippen molar-refractivity contribution in [2.24, 2.45) is 0 Å². The lowest BCUT2D eigenvalue weighted by Crippen LogP contribution is -2.36. The zero-order chi connectivity index (χ0) is 20.2. The zero-order valence-corrected chi connectivity index (χ0v) is 17.5. The fourth-order valence-corrected chi connectivity index (χ4v) is 3.60. The second kappa shape index (κ2) is 12.2. The maximum Gasteiger partial charge on any atom is 0.314 e. The molecule has 0 fully saturated rings. The number of unbranched alkanes of at least 4 members (excludes halogenated alkanes) is 4. The molecule has 0 atom stereocenters. The highest BCUT2D eigenvalue weighted by atomic mass is 32.1. The molecule has 3 N–H and O–H groups in total. The number of nitrogens with one attached hydrogen (secondary N) is 3. The number of aromatic nitrogens is 1. The predicted octanol–water partition coefficient (Wildman–Crippen LogP) is 4.29. The predicted molar refractivity (Wildman–Crippen MR) is 114 cm³/mol. The van der Waals surface area contributed by atoms with Gasteiger partial charge in [-0.15, -0.1) is 0 Å². The third-order valence-electron chi connectivity index (χ3n) is 4.10. The quantitative estimate of drug-likeness (QED) is 0.458. The Hall–Kier alpha value is -2.35. The van der Waals surface area contributed by atoms with E-state index in [1.807, 2.05) is 18.2 Å². The van der Waals surface area contributed by atoms with Gasteiger partial charge in [0.1, 0.15) is 11.3 Å². The smallest absolute Gasteiger partial charge is 0.314 e. The van der Waals surface area contributed by atoms with Gasteiger partial charge in [0.15, 0.2) is 5.13 Å². The molecule has 0 unspecified atom stereocenters. The molecule has 0 spiro atoms. The molecule has 0 radical (unpaired) electrons. The molecule has 1 heterocycles. The Bertz CT molecular complexity index is 763. The minimum atomic E-state index is -0.134. The minimum Gasteiger partial charge on any atom is -0.491 e. The van der Waals surface area contributed by atoms with E-state index in [1.165, 1.54) is 18.3 Å². The number of carbonyl (C=O) groups is 2. The summed E-state index contributed by atoms with van der Waals surface area (Å²) in [6, 6.07) is 5.70. The van der Waals surface area contributed by atoms with E-state index in [1.54, 1.807) is 0 Å².